The van der Waals surface area contributed by atoms with Crippen molar-refractivity contribution < 1.29 is 25.8 Å². The molecule has 1 aliphatic heterocycles. The van der Waals surface area contributed by atoms with Crippen LogP contribution in [0.3, 0.4) is 0 Å². The van der Waals surface area contributed by atoms with Gasteiger partial charge in [0.1, 0.15) is 5.82 Å². The van der Waals surface area contributed by atoms with Crippen molar-refractivity contribution in [2.45, 2.75) is 80.1 Å². The Morgan fingerprint density at radius 1 is 0.667 bits per heavy atom. The zero-order valence-electron chi connectivity index (χ0n) is 35.1. The predicted molar refractivity (Wildman–Crippen MR) is 236 cm³/mol. The second kappa shape index (κ2) is 15.7. The Kier molecular flexibility index (Phi) is 11.4. The zero-order chi connectivity index (χ0) is 38.8. The normalized spacial score (nSPS) is 13.1. The molecule has 3 heterocycles. The standard InChI is InChI=1S/C50H50N4O.CH3.Pt/c1-32-22-33(2)24-38(23-32)52-30-46(48-34(3)14-13-15-35(48)4)53(31-52)39-25-37(50(8,9)10)26-41(28-39)55-40-18-19-43-42-16-11-12-17-44(42)54(45(43)29-40)47-27-36(20-21-51-47)49(5,6)7;;/h11-27,30H,31H2,1-10H3;1H3;/q-2;-1;. The van der Waals surface area contributed by atoms with Crippen LogP contribution in [0.15, 0.2) is 109 Å². The third kappa shape index (κ3) is 8.05. The minimum absolute atomic E-state index is 0. The van der Waals surface area contributed by atoms with Gasteiger partial charge in [0.05, 0.1) is 12.4 Å². The Hall–Kier alpha value is -5.12. The van der Waals surface area contributed by atoms with Gasteiger partial charge in [-0.1, -0.05) is 95.2 Å². The number of pyridine rings is 1. The molecular weight excluding hydrogens is 880 g/mol. The van der Waals surface area contributed by atoms with Crippen molar-refractivity contribution in [1.29, 1.82) is 0 Å². The van der Waals surface area contributed by atoms with Gasteiger partial charge < -0.3 is 26.5 Å². The van der Waals surface area contributed by atoms with Crippen LogP contribution in [0.4, 0.5) is 11.4 Å². The predicted octanol–water partition coefficient (Wildman–Crippen LogP) is 13.1. The molecule has 0 atom stereocenters. The molecule has 0 spiro atoms. The summed E-state index contributed by atoms with van der Waals surface area (Å²) in [6.45, 7) is 22.8. The number of fused-ring (bicyclic) bond motifs is 3. The topological polar surface area (TPSA) is 33.5 Å². The Morgan fingerprint density at radius 3 is 2.04 bits per heavy atom. The van der Waals surface area contributed by atoms with Gasteiger partial charge in [-0.2, -0.15) is 6.07 Å². The van der Waals surface area contributed by atoms with E-state index in [9.17, 15) is 0 Å². The third-order valence-electron chi connectivity index (χ3n) is 10.7. The Bertz CT molecular complexity index is 2600. The number of hydrogen-bond donors (Lipinski definition) is 0. The van der Waals surface area contributed by atoms with Gasteiger partial charge in [-0.3, -0.25) is 0 Å². The van der Waals surface area contributed by atoms with E-state index in [1.54, 1.807) is 0 Å². The van der Waals surface area contributed by atoms with Crippen LogP contribution in [0.2, 0.25) is 0 Å². The molecule has 57 heavy (non-hydrogen) atoms. The number of anilines is 2. The van der Waals surface area contributed by atoms with E-state index in [2.05, 4.69) is 193 Å². The number of aromatic nitrogens is 2. The quantitative estimate of drug-likeness (QED) is 0.156. The number of nitrogens with zero attached hydrogens (tertiary/aromatic N) is 4. The summed E-state index contributed by atoms with van der Waals surface area (Å²) >= 11 is 0. The molecule has 0 N–H and O–H groups in total. The van der Waals surface area contributed by atoms with Gasteiger partial charge in [-0.15, -0.1) is 41.3 Å². The van der Waals surface area contributed by atoms with Crippen molar-refractivity contribution in [2.24, 2.45) is 0 Å². The molecule has 0 fully saturated rings. The summed E-state index contributed by atoms with van der Waals surface area (Å²) in [5.41, 5.74) is 13.7. The molecule has 0 unspecified atom stereocenters. The van der Waals surface area contributed by atoms with Crippen molar-refractivity contribution in [2.75, 3.05) is 16.5 Å². The third-order valence-corrected chi connectivity index (χ3v) is 10.7. The van der Waals surface area contributed by atoms with Gasteiger partial charge >= 0.3 is 0 Å². The molecule has 0 saturated carbocycles. The van der Waals surface area contributed by atoms with Crippen molar-refractivity contribution in [1.82, 2.24) is 9.55 Å². The smallest absolute Gasteiger partial charge is 0.135 e. The summed E-state index contributed by atoms with van der Waals surface area (Å²) in [5, 5.41) is 2.26. The minimum Gasteiger partial charge on any atom is -0.509 e. The van der Waals surface area contributed by atoms with Crippen LogP contribution in [0.25, 0.3) is 33.3 Å². The molecule has 5 nitrogen and oxygen atoms in total. The first kappa shape index (κ1) is 41.5. The van der Waals surface area contributed by atoms with Crippen LogP contribution in [0.5, 0.6) is 11.5 Å². The first-order valence-corrected chi connectivity index (χ1v) is 19.2. The number of hydrogen-bond acceptors (Lipinski definition) is 4. The SMILES string of the molecule is Cc1cc(C)cc(N2C=C(c3c(C)cccc3C)N(c3[c-]c(Oc4[c-]c5c(cc4)c4ccccc4n5-c4cc(C(C)(C)C)ccn4)cc(C(C)(C)C)c3)C2)c1.[CH3-].[Pt]. The van der Waals surface area contributed by atoms with E-state index in [0.29, 0.717) is 18.2 Å². The average Bonchev–Trinajstić information content (AvgIpc) is 3.70. The van der Waals surface area contributed by atoms with Crippen LogP contribution in [0.1, 0.15) is 80.5 Å². The summed E-state index contributed by atoms with van der Waals surface area (Å²) in [7, 11) is 0. The van der Waals surface area contributed by atoms with Crippen LogP contribution in [-0.2, 0) is 31.9 Å². The average molecular weight is 933 g/mol. The minimum atomic E-state index is -0.138. The zero-order valence-corrected chi connectivity index (χ0v) is 37.4. The summed E-state index contributed by atoms with van der Waals surface area (Å²) in [5.74, 6) is 2.14. The van der Waals surface area contributed by atoms with Gasteiger partial charge in [0, 0.05) is 61.7 Å². The Balaban J connectivity index is 0.00000275. The number of aryl methyl sites for hydroxylation is 4. The van der Waals surface area contributed by atoms with E-state index < -0.39 is 0 Å². The van der Waals surface area contributed by atoms with Crippen molar-refractivity contribution in [3.05, 3.63) is 168 Å². The fourth-order valence-electron chi connectivity index (χ4n) is 7.84. The van der Waals surface area contributed by atoms with Crippen molar-refractivity contribution in [3.8, 4) is 17.3 Å². The fourth-order valence-corrected chi connectivity index (χ4v) is 7.84. The van der Waals surface area contributed by atoms with Gasteiger partial charge in [0.2, 0.25) is 0 Å². The van der Waals surface area contributed by atoms with Crippen LogP contribution in [-0.4, -0.2) is 16.2 Å². The molecule has 296 valence electrons. The molecular formula is C51H53N4OPt-3. The molecule has 0 bridgehead atoms. The first-order chi connectivity index (χ1) is 26.1. The fraction of sp³-hybridized carbons (Fsp3) is 0.255. The number of ether oxygens (including phenoxy) is 1. The molecule has 2 aromatic heterocycles. The number of benzene rings is 5. The Labute approximate surface area is 354 Å². The summed E-state index contributed by atoms with van der Waals surface area (Å²) in [6.07, 6.45) is 4.21. The summed E-state index contributed by atoms with van der Waals surface area (Å²) in [4.78, 5) is 9.60. The molecule has 8 rings (SSSR count). The van der Waals surface area contributed by atoms with E-state index in [1.807, 2.05) is 12.3 Å². The molecule has 6 heteroatoms. The first-order valence-electron chi connectivity index (χ1n) is 19.2. The van der Waals surface area contributed by atoms with Gasteiger partial charge in [-0.05, 0) is 102 Å². The Morgan fingerprint density at radius 2 is 1.35 bits per heavy atom. The molecule has 7 aromatic rings. The largest absolute Gasteiger partial charge is 0.509 e. The number of rotatable bonds is 6. The number of para-hydroxylation sites is 1. The monoisotopic (exact) mass is 932 g/mol. The molecule has 5 aromatic carbocycles. The van der Waals surface area contributed by atoms with E-state index in [4.69, 9.17) is 9.72 Å². The van der Waals surface area contributed by atoms with Crippen molar-refractivity contribution >= 4 is 38.9 Å². The van der Waals surface area contributed by atoms with Gasteiger partial charge in [-0.25, -0.2) is 4.98 Å². The maximum absolute atomic E-state index is 6.81. The van der Waals surface area contributed by atoms with E-state index in [-0.39, 0.29) is 39.3 Å². The molecule has 1 aliphatic rings. The van der Waals surface area contributed by atoms with Gasteiger partial charge in [0.25, 0.3) is 0 Å². The van der Waals surface area contributed by atoms with E-state index in [0.717, 1.165) is 39.0 Å². The molecule has 0 radical (unpaired) electrons. The molecule has 0 saturated heterocycles. The van der Waals surface area contributed by atoms with Gasteiger partial charge in [0.15, 0.2) is 0 Å². The summed E-state index contributed by atoms with van der Waals surface area (Å²) in [6, 6.07) is 42.0. The van der Waals surface area contributed by atoms with Crippen LogP contribution in [0, 0.1) is 47.3 Å². The summed E-state index contributed by atoms with van der Waals surface area (Å²) < 4.78 is 9.02. The van der Waals surface area contributed by atoms with Crippen LogP contribution < -0.4 is 14.5 Å². The maximum Gasteiger partial charge on any atom is 0.135 e. The second-order valence-electron chi connectivity index (χ2n) is 17.2. The van der Waals surface area contributed by atoms with Crippen molar-refractivity contribution in [3.63, 3.8) is 0 Å². The molecule has 0 aliphatic carbocycles. The second-order valence-corrected chi connectivity index (χ2v) is 17.2. The van der Waals surface area contributed by atoms with Crippen LogP contribution >= 0.6 is 0 Å². The van der Waals surface area contributed by atoms with E-state index in [1.165, 1.54) is 44.6 Å². The maximum atomic E-state index is 6.81. The molecule has 0 amide bonds. The van der Waals surface area contributed by atoms with E-state index >= 15 is 0 Å².